The van der Waals surface area contributed by atoms with Crippen LogP contribution in [0.5, 0.6) is 0 Å². The SMILES string of the molecule is CN(C)C(=O)C=C1CCNCC1. The fourth-order valence-electron chi connectivity index (χ4n) is 1.20. The third-order valence-electron chi connectivity index (χ3n) is 2.01. The van der Waals surface area contributed by atoms with Crippen LogP contribution in [-0.4, -0.2) is 38.0 Å². The lowest BCUT2D eigenvalue weighted by Gasteiger charge is -2.15. The van der Waals surface area contributed by atoms with Crippen molar-refractivity contribution < 1.29 is 4.79 Å². The molecule has 0 unspecified atom stereocenters. The fourth-order valence-corrected chi connectivity index (χ4v) is 1.20. The summed E-state index contributed by atoms with van der Waals surface area (Å²) in [5, 5.41) is 3.25. The summed E-state index contributed by atoms with van der Waals surface area (Å²) in [5.74, 6) is 0.104. The monoisotopic (exact) mass is 168 g/mol. The van der Waals surface area contributed by atoms with E-state index >= 15 is 0 Å². The van der Waals surface area contributed by atoms with Gasteiger partial charge in [0.25, 0.3) is 0 Å². The first kappa shape index (κ1) is 9.26. The predicted octanol–water partition coefficient (Wildman–Crippen LogP) is 0.384. The minimum absolute atomic E-state index is 0.104. The van der Waals surface area contributed by atoms with Crippen molar-refractivity contribution in [1.29, 1.82) is 0 Å². The molecule has 1 aliphatic rings. The van der Waals surface area contributed by atoms with Gasteiger partial charge in [0.05, 0.1) is 0 Å². The highest BCUT2D eigenvalue weighted by Gasteiger charge is 2.07. The van der Waals surface area contributed by atoms with Gasteiger partial charge in [-0.25, -0.2) is 0 Å². The topological polar surface area (TPSA) is 32.3 Å². The largest absolute Gasteiger partial charge is 0.345 e. The second kappa shape index (κ2) is 4.26. The molecule has 0 spiro atoms. The van der Waals surface area contributed by atoms with E-state index in [0.29, 0.717) is 0 Å². The maximum atomic E-state index is 11.2. The highest BCUT2D eigenvalue weighted by atomic mass is 16.2. The minimum atomic E-state index is 0.104. The van der Waals surface area contributed by atoms with Crippen molar-refractivity contribution in [2.75, 3.05) is 27.2 Å². The van der Waals surface area contributed by atoms with Crippen molar-refractivity contribution in [3.05, 3.63) is 11.6 Å². The quantitative estimate of drug-likeness (QED) is 0.574. The molecule has 0 atom stereocenters. The Hall–Kier alpha value is -0.830. The normalized spacial score (nSPS) is 17.3. The number of rotatable bonds is 1. The molecule has 1 N–H and O–H groups in total. The molecule has 12 heavy (non-hydrogen) atoms. The number of carbonyl (C=O) groups is 1. The number of nitrogens with zero attached hydrogens (tertiary/aromatic N) is 1. The number of hydrogen-bond acceptors (Lipinski definition) is 2. The Balaban J connectivity index is 2.48. The summed E-state index contributed by atoms with van der Waals surface area (Å²) in [6.07, 6.45) is 3.79. The second-order valence-corrected chi connectivity index (χ2v) is 3.29. The average molecular weight is 168 g/mol. The third-order valence-corrected chi connectivity index (χ3v) is 2.01. The number of amides is 1. The number of likely N-dealkylation sites (N-methyl/N-ethyl adjacent to an activating group) is 1. The highest BCUT2D eigenvalue weighted by molar-refractivity contribution is 5.87. The van der Waals surface area contributed by atoms with Crippen molar-refractivity contribution in [2.24, 2.45) is 0 Å². The molecule has 3 nitrogen and oxygen atoms in total. The molecular weight excluding hydrogens is 152 g/mol. The van der Waals surface area contributed by atoms with E-state index in [1.807, 2.05) is 0 Å². The lowest BCUT2D eigenvalue weighted by molar-refractivity contribution is -0.123. The van der Waals surface area contributed by atoms with Crippen LogP contribution < -0.4 is 5.32 Å². The van der Waals surface area contributed by atoms with E-state index < -0.39 is 0 Å². The Kier molecular flexibility index (Phi) is 3.29. The van der Waals surface area contributed by atoms with Crippen LogP contribution in [-0.2, 0) is 4.79 Å². The van der Waals surface area contributed by atoms with Gasteiger partial charge in [0.15, 0.2) is 0 Å². The molecule has 68 valence electrons. The average Bonchev–Trinajstić information content (AvgIpc) is 2.06. The summed E-state index contributed by atoms with van der Waals surface area (Å²) in [4.78, 5) is 12.8. The summed E-state index contributed by atoms with van der Waals surface area (Å²) in [5.41, 5.74) is 1.27. The fraction of sp³-hybridized carbons (Fsp3) is 0.667. The molecule has 0 bridgehead atoms. The number of carbonyl (C=O) groups excluding carboxylic acids is 1. The van der Waals surface area contributed by atoms with E-state index in [2.05, 4.69) is 5.32 Å². The molecule has 3 heteroatoms. The Labute approximate surface area is 73.4 Å². The van der Waals surface area contributed by atoms with Crippen LogP contribution in [0, 0.1) is 0 Å². The minimum Gasteiger partial charge on any atom is -0.345 e. The molecule has 1 saturated heterocycles. The van der Waals surface area contributed by atoms with Gasteiger partial charge in [-0.15, -0.1) is 0 Å². The predicted molar refractivity (Wildman–Crippen MR) is 48.9 cm³/mol. The first-order valence-corrected chi connectivity index (χ1v) is 4.31. The van der Waals surface area contributed by atoms with E-state index in [-0.39, 0.29) is 5.91 Å². The maximum Gasteiger partial charge on any atom is 0.245 e. The number of piperidine rings is 1. The lowest BCUT2D eigenvalue weighted by atomic mass is 10.1. The zero-order chi connectivity index (χ0) is 8.97. The molecule has 0 aliphatic carbocycles. The van der Waals surface area contributed by atoms with E-state index in [0.717, 1.165) is 25.9 Å². The standard InChI is InChI=1S/C9H16N2O/c1-11(2)9(12)7-8-3-5-10-6-4-8/h7,10H,3-6H2,1-2H3. The molecule has 0 aromatic heterocycles. The molecular formula is C9H16N2O. The molecule has 0 saturated carbocycles. The Morgan fingerprint density at radius 3 is 2.50 bits per heavy atom. The van der Waals surface area contributed by atoms with E-state index in [1.54, 1.807) is 25.1 Å². The molecule has 1 amide bonds. The number of hydrogen-bond donors (Lipinski definition) is 1. The molecule has 1 heterocycles. The molecule has 0 radical (unpaired) electrons. The Bertz CT molecular complexity index is 189. The van der Waals surface area contributed by atoms with Crippen LogP contribution in [0.25, 0.3) is 0 Å². The van der Waals surface area contributed by atoms with Crippen molar-refractivity contribution in [3.63, 3.8) is 0 Å². The first-order chi connectivity index (χ1) is 5.70. The van der Waals surface area contributed by atoms with E-state index in [1.165, 1.54) is 5.57 Å². The summed E-state index contributed by atoms with van der Waals surface area (Å²) in [7, 11) is 3.56. The van der Waals surface area contributed by atoms with Crippen LogP contribution in [0.1, 0.15) is 12.8 Å². The van der Waals surface area contributed by atoms with Gasteiger partial charge in [0.2, 0.25) is 5.91 Å². The smallest absolute Gasteiger partial charge is 0.245 e. The molecule has 1 aliphatic heterocycles. The van der Waals surface area contributed by atoms with Crippen LogP contribution in [0.4, 0.5) is 0 Å². The van der Waals surface area contributed by atoms with Gasteiger partial charge in [-0.05, 0) is 25.9 Å². The zero-order valence-electron chi connectivity index (χ0n) is 7.76. The molecule has 1 fully saturated rings. The summed E-state index contributed by atoms with van der Waals surface area (Å²) in [6.45, 7) is 2.01. The van der Waals surface area contributed by atoms with Gasteiger partial charge in [-0.1, -0.05) is 5.57 Å². The van der Waals surface area contributed by atoms with Crippen molar-refractivity contribution in [2.45, 2.75) is 12.8 Å². The zero-order valence-corrected chi connectivity index (χ0v) is 7.76. The third kappa shape index (κ3) is 2.66. The second-order valence-electron chi connectivity index (χ2n) is 3.29. The van der Waals surface area contributed by atoms with Crippen molar-refractivity contribution in [1.82, 2.24) is 10.2 Å². The van der Waals surface area contributed by atoms with E-state index in [9.17, 15) is 4.79 Å². The van der Waals surface area contributed by atoms with Crippen LogP contribution in [0.15, 0.2) is 11.6 Å². The summed E-state index contributed by atoms with van der Waals surface area (Å²) in [6, 6.07) is 0. The van der Waals surface area contributed by atoms with Crippen LogP contribution in [0.2, 0.25) is 0 Å². The van der Waals surface area contributed by atoms with Crippen molar-refractivity contribution >= 4 is 5.91 Å². The molecule has 0 aromatic rings. The molecule has 1 rings (SSSR count). The van der Waals surface area contributed by atoms with Gasteiger partial charge in [0.1, 0.15) is 0 Å². The summed E-state index contributed by atoms with van der Waals surface area (Å²) >= 11 is 0. The van der Waals surface area contributed by atoms with Gasteiger partial charge >= 0.3 is 0 Å². The van der Waals surface area contributed by atoms with Gasteiger partial charge in [0, 0.05) is 20.2 Å². The number of nitrogens with one attached hydrogen (secondary N) is 1. The lowest BCUT2D eigenvalue weighted by Crippen LogP contribution is -2.25. The first-order valence-electron chi connectivity index (χ1n) is 4.31. The van der Waals surface area contributed by atoms with Crippen LogP contribution >= 0.6 is 0 Å². The summed E-state index contributed by atoms with van der Waals surface area (Å²) < 4.78 is 0. The van der Waals surface area contributed by atoms with Crippen LogP contribution in [0.3, 0.4) is 0 Å². The van der Waals surface area contributed by atoms with E-state index in [4.69, 9.17) is 0 Å². The van der Waals surface area contributed by atoms with Gasteiger partial charge in [-0.2, -0.15) is 0 Å². The maximum absolute atomic E-state index is 11.2. The Morgan fingerprint density at radius 2 is 2.00 bits per heavy atom. The Morgan fingerprint density at radius 1 is 1.42 bits per heavy atom. The highest BCUT2D eigenvalue weighted by Crippen LogP contribution is 2.09. The van der Waals surface area contributed by atoms with Gasteiger partial charge in [-0.3, -0.25) is 4.79 Å². The molecule has 0 aromatic carbocycles. The van der Waals surface area contributed by atoms with Crippen molar-refractivity contribution in [3.8, 4) is 0 Å². The van der Waals surface area contributed by atoms with Gasteiger partial charge < -0.3 is 10.2 Å².